The van der Waals surface area contributed by atoms with Gasteiger partial charge in [-0.2, -0.15) is 4.57 Å². The minimum atomic E-state index is -0.449. The van der Waals surface area contributed by atoms with Gasteiger partial charge in [0.15, 0.2) is 11.7 Å². The summed E-state index contributed by atoms with van der Waals surface area (Å²) < 4.78 is 1.62. The van der Waals surface area contributed by atoms with Gasteiger partial charge >= 0.3 is 11.7 Å². The maximum Gasteiger partial charge on any atom is 0.359 e. The fourth-order valence-corrected chi connectivity index (χ4v) is 3.87. The van der Waals surface area contributed by atoms with E-state index in [4.69, 9.17) is 4.98 Å². The van der Waals surface area contributed by atoms with E-state index in [2.05, 4.69) is 5.32 Å². The van der Waals surface area contributed by atoms with Crippen molar-refractivity contribution in [3.05, 3.63) is 102 Å². The molecule has 1 aliphatic rings. The number of fused-ring (bicyclic) bond motifs is 1. The second-order valence-electron chi connectivity index (χ2n) is 7.93. The van der Waals surface area contributed by atoms with E-state index in [1.54, 1.807) is 47.2 Å². The molecule has 0 bridgehead atoms. The lowest BCUT2D eigenvalue weighted by atomic mass is 10.1. The molecule has 0 amide bonds. The number of benzene rings is 3. The molecular formula is C27H22N3O3+. The summed E-state index contributed by atoms with van der Waals surface area (Å²) in [6.07, 6.45) is 6.07. The first kappa shape index (κ1) is 20.5. The lowest BCUT2D eigenvalue weighted by Gasteiger charge is -2.04. The Kier molecular flexibility index (Phi) is 5.32. The summed E-state index contributed by atoms with van der Waals surface area (Å²) >= 11 is 0. The van der Waals surface area contributed by atoms with E-state index >= 15 is 0 Å². The Morgan fingerprint density at radius 3 is 2.24 bits per heavy atom. The second-order valence-corrected chi connectivity index (χ2v) is 7.93. The molecule has 3 N–H and O–H groups in total. The molecule has 1 aliphatic heterocycles. The number of rotatable bonds is 5. The number of nitrogens with one attached hydrogen (secondary N) is 1. The van der Waals surface area contributed by atoms with Crippen molar-refractivity contribution in [2.75, 3.05) is 5.32 Å². The third kappa shape index (κ3) is 4.32. The smallest absolute Gasteiger partial charge is 0.359 e. The van der Waals surface area contributed by atoms with Gasteiger partial charge in [-0.25, -0.2) is 9.78 Å². The highest BCUT2D eigenvalue weighted by Gasteiger charge is 2.40. The topological polar surface area (TPSA) is 86.3 Å². The maximum absolute atomic E-state index is 13.3. The van der Waals surface area contributed by atoms with Gasteiger partial charge in [-0.1, -0.05) is 48.5 Å². The zero-order chi connectivity index (χ0) is 22.8. The molecule has 0 radical (unpaired) electrons. The molecule has 0 aliphatic carbocycles. The van der Waals surface area contributed by atoms with Crippen LogP contribution < -0.4 is 9.88 Å². The Morgan fingerprint density at radius 1 is 0.879 bits per heavy atom. The van der Waals surface area contributed by atoms with E-state index in [1.807, 2.05) is 54.6 Å². The summed E-state index contributed by atoms with van der Waals surface area (Å²) in [5, 5.41) is 22.5. The zero-order valence-electron chi connectivity index (χ0n) is 17.7. The highest BCUT2D eigenvalue weighted by atomic mass is 16.3. The average molecular weight is 436 g/mol. The molecule has 162 valence electrons. The lowest BCUT2D eigenvalue weighted by molar-refractivity contribution is -0.552. The van der Waals surface area contributed by atoms with Crippen molar-refractivity contribution >= 4 is 23.9 Å². The Labute approximate surface area is 191 Å². The number of nitrogens with zero attached hydrogens (tertiary/aromatic N) is 2. The zero-order valence-corrected chi connectivity index (χ0v) is 17.7. The molecule has 1 aromatic heterocycles. The number of hydrogen-bond acceptors (Lipinski definition) is 5. The van der Waals surface area contributed by atoms with Crippen LogP contribution in [0.3, 0.4) is 0 Å². The van der Waals surface area contributed by atoms with Crippen LogP contribution in [0.2, 0.25) is 0 Å². The first-order valence-corrected chi connectivity index (χ1v) is 10.6. The van der Waals surface area contributed by atoms with Gasteiger partial charge in [-0.3, -0.25) is 5.32 Å². The summed E-state index contributed by atoms with van der Waals surface area (Å²) in [5.74, 6) is 0.926. The summed E-state index contributed by atoms with van der Waals surface area (Å²) in [5.41, 5.74) is 4.04. The predicted molar refractivity (Wildman–Crippen MR) is 127 cm³/mol. The van der Waals surface area contributed by atoms with Gasteiger partial charge in [-0.15, -0.1) is 0 Å². The van der Waals surface area contributed by atoms with Gasteiger partial charge in [-0.05, 0) is 53.6 Å². The van der Waals surface area contributed by atoms with Gasteiger partial charge < -0.3 is 10.2 Å². The number of aromatic hydroxyl groups is 2. The van der Waals surface area contributed by atoms with Crippen LogP contribution in [0.15, 0.2) is 85.1 Å². The molecule has 1 atom stereocenters. The number of carbonyl (C=O) groups is 1. The van der Waals surface area contributed by atoms with Crippen LogP contribution >= 0.6 is 0 Å². The lowest BCUT2D eigenvalue weighted by Crippen LogP contribution is -2.44. The van der Waals surface area contributed by atoms with Crippen molar-refractivity contribution in [3.63, 3.8) is 0 Å². The molecule has 5 rings (SSSR count). The van der Waals surface area contributed by atoms with Crippen molar-refractivity contribution in [1.29, 1.82) is 0 Å². The molecule has 6 heteroatoms. The van der Waals surface area contributed by atoms with Crippen LogP contribution in [-0.2, 0) is 6.42 Å². The third-order valence-electron chi connectivity index (χ3n) is 5.59. The van der Waals surface area contributed by atoms with Crippen LogP contribution in [0, 0.1) is 0 Å². The van der Waals surface area contributed by atoms with Crippen molar-refractivity contribution in [3.8, 4) is 22.8 Å². The molecular weight excluding hydrogens is 414 g/mol. The molecule has 6 nitrogen and oxygen atoms in total. The maximum atomic E-state index is 13.3. The Balaban J connectivity index is 1.54. The summed E-state index contributed by atoms with van der Waals surface area (Å²) in [6.45, 7) is 0. The largest absolute Gasteiger partial charge is 0.508 e. The first-order valence-electron chi connectivity index (χ1n) is 10.6. The SMILES string of the molecule is O=C1C(Cc2ccc(O)cc2)Nc2c(/C=C\c3ccccc3)nc(-c3ccc(O)cc3)c[n+]21. The van der Waals surface area contributed by atoms with Crippen LogP contribution in [-0.4, -0.2) is 27.1 Å². The molecule has 33 heavy (non-hydrogen) atoms. The molecule has 1 unspecified atom stereocenters. The summed E-state index contributed by atoms with van der Waals surface area (Å²) in [7, 11) is 0. The van der Waals surface area contributed by atoms with Crippen LogP contribution in [0.25, 0.3) is 23.4 Å². The number of phenols is 2. The Hall–Kier alpha value is -4.45. The first-order chi connectivity index (χ1) is 16.1. The van der Waals surface area contributed by atoms with Crippen LogP contribution in [0.4, 0.5) is 5.82 Å². The van der Waals surface area contributed by atoms with Crippen molar-refractivity contribution in [2.24, 2.45) is 0 Å². The standard InChI is InChI=1S/C27H21N3O3/c31-21-11-6-19(7-12-21)16-24-27(33)30-17-25(20-9-13-22(32)14-10-20)28-23(26(30)29-24)15-8-18-4-2-1-3-5-18/h1-15,17,24,31-32H,16H2/p+1/b15-8-. The summed E-state index contributed by atoms with van der Waals surface area (Å²) in [6, 6.07) is 23.1. The van der Waals surface area contributed by atoms with E-state index in [-0.39, 0.29) is 17.4 Å². The van der Waals surface area contributed by atoms with Gasteiger partial charge in [0.25, 0.3) is 0 Å². The molecule has 0 fully saturated rings. The van der Waals surface area contributed by atoms with Gasteiger partial charge in [0, 0.05) is 12.0 Å². The normalized spacial score (nSPS) is 14.9. The van der Waals surface area contributed by atoms with Crippen molar-refractivity contribution in [1.82, 2.24) is 4.98 Å². The number of anilines is 1. The van der Waals surface area contributed by atoms with Crippen LogP contribution in [0.1, 0.15) is 21.6 Å². The second kappa shape index (κ2) is 8.59. The molecule has 0 spiro atoms. The quantitative estimate of drug-likeness (QED) is 0.406. The Morgan fingerprint density at radius 2 is 1.55 bits per heavy atom. The van der Waals surface area contributed by atoms with E-state index < -0.39 is 6.04 Å². The van der Waals surface area contributed by atoms with Gasteiger partial charge in [0.1, 0.15) is 23.4 Å². The highest BCUT2D eigenvalue weighted by Crippen LogP contribution is 2.26. The molecule has 3 aromatic carbocycles. The molecule has 0 saturated heterocycles. The predicted octanol–water partition coefficient (Wildman–Crippen LogP) is 4.29. The minimum absolute atomic E-state index is 0.0742. The van der Waals surface area contributed by atoms with Crippen molar-refractivity contribution < 1.29 is 19.6 Å². The fourth-order valence-electron chi connectivity index (χ4n) is 3.87. The third-order valence-corrected chi connectivity index (χ3v) is 5.59. The minimum Gasteiger partial charge on any atom is -0.508 e. The molecule has 2 heterocycles. The van der Waals surface area contributed by atoms with Gasteiger partial charge in [0.05, 0.1) is 0 Å². The average Bonchev–Trinajstić information content (AvgIpc) is 3.15. The van der Waals surface area contributed by atoms with E-state index in [1.165, 1.54) is 0 Å². The molecule has 0 saturated carbocycles. The van der Waals surface area contributed by atoms with Crippen molar-refractivity contribution in [2.45, 2.75) is 12.5 Å². The number of carbonyl (C=O) groups excluding carboxylic acids is 1. The summed E-state index contributed by atoms with van der Waals surface area (Å²) in [4.78, 5) is 18.1. The monoisotopic (exact) mass is 436 g/mol. The van der Waals surface area contributed by atoms with E-state index in [0.717, 1.165) is 16.7 Å². The number of aromatic nitrogens is 2. The number of phenolic OH excluding ortho intramolecular Hbond substituents is 2. The molecule has 4 aromatic rings. The van der Waals surface area contributed by atoms with Gasteiger partial charge in [0.2, 0.25) is 0 Å². The van der Waals surface area contributed by atoms with E-state index in [0.29, 0.717) is 23.6 Å². The van der Waals surface area contributed by atoms with E-state index in [9.17, 15) is 15.0 Å². The van der Waals surface area contributed by atoms with Crippen LogP contribution in [0.5, 0.6) is 11.5 Å². The fraction of sp³-hybridized carbons (Fsp3) is 0.0741. The number of hydrogen-bond donors (Lipinski definition) is 3. The highest BCUT2D eigenvalue weighted by molar-refractivity contribution is 5.85. The Bertz CT molecular complexity index is 1330.